The van der Waals surface area contributed by atoms with Crippen molar-refractivity contribution < 1.29 is 33.3 Å². The van der Waals surface area contributed by atoms with Gasteiger partial charge in [0.15, 0.2) is 38.7 Å². The molecule has 3 aromatic carbocycles. The Hall–Kier alpha value is -4.81. The molecule has 3 heterocycles. The molecule has 6 rings (SSSR count). The van der Waals surface area contributed by atoms with Crippen LogP contribution in [0.5, 0.6) is 17.2 Å². The fourth-order valence-corrected chi connectivity index (χ4v) is 7.18. The fourth-order valence-electron chi connectivity index (χ4n) is 5.36. The molecule has 1 amide bonds. The van der Waals surface area contributed by atoms with Gasteiger partial charge < -0.3 is 23.7 Å². The van der Waals surface area contributed by atoms with Crippen molar-refractivity contribution >= 4 is 50.9 Å². The van der Waals surface area contributed by atoms with E-state index in [1.807, 2.05) is 6.92 Å². The first-order valence-electron chi connectivity index (χ1n) is 15.4. The Morgan fingerprint density at radius 1 is 1.02 bits per heavy atom. The lowest BCUT2D eigenvalue weighted by atomic mass is 9.95. The van der Waals surface area contributed by atoms with Crippen molar-refractivity contribution in [2.45, 2.75) is 43.3 Å². The number of carbonyl (C=O) groups excluding carboxylic acids is 2. The molecule has 0 saturated heterocycles. The number of ether oxygens (including phenoxy) is 3. The molecular weight excluding hydrogens is 651 g/mol. The maximum absolute atomic E-state index is 14.2. The molecule has 2 aromatic heterocycles. The highest BCUT2D eigenvalue weighted by Gasteiger charge is 2.47. The third-order valence-corrected chi connectivity index (χ3v) is 10.1. The number of rotatable bonds is 13. The van der Waals surface area contributed by atoms with Crippen molar-refractivity contribution in [1.82, 2.24) is 10.2 Å². The molecule has 5 aromatic rings. The first-order valence-corrected chi connectivity index (χ1v) is 17.2. The zero-order valence-corrected chi connectivity index (χ0v) is 28.8. The summed E-state index contributed by atoms with van der Waals surface area (Å²) >= 11 is 2.69. The summed E-state index contributed by atoms with van der Waals surface area (Å²) in [5.41, 5.74) is 3.02. The van der Waals surface area contributed by atoms with Gasteiger partial charge in [0.2, 0.25) is 10.9 Å². The Labute approximate surface area is 286 Å². The smallest absolute Gasteiger partial charge is 0.296 e. The molecule has 0 radical (unpaired) electrons. The standard InChI is InChI=1S/C36H35N3O7S2/c1-20(2)15-16-45-25-14-13-23(17-27(25)44-5)30-29(31(40)28-18-24-7-6-8-26(43-4)33(24)46-28)32(41)34(42)39(30)35-37-38-36(48-35)47-19-22-11-9-21(3)10-12-22/h6-14,17-18,20,30,41H,15-16,19H2,1-5H3. The molecule has 12 heteroatoms. The quantitative estimate of drug-likeness (QED) is 0.0738. The number of aliphatic hydroxyl groups excluding tert-OH is 1. The van der Waals surface area contributed by atoms with Crippen molar-refractivity contribution in [3.05, 3.63) is 101 Å². The summed E-state index contributed by atoms with van der Waals surface area (Å²) in [7, 11) is 3.03. The van der Waals surface area contributed by atoms with Crippen LogP contribution in [0.2, 0.25) is 0 Å². The first kappa shape index (κ1) is 33.1. The van der Waals surface area contributed by atoms with Gasteiger partial charge in [-0.15, -0.1) is 10.2 Å². The minimum absolute atomic E-state index is 0.0529. The van der Waals surface area contributed by atoms with Crippen LogP contribution in [0.25, 0.3) is 11.0 Å². The van der Waals surface area contributed by atoms with Gasteiger partial charge in [-0.3, -0.25) is 14.5 Å². The number of aliphatic hydroxyl groups is 1. The second kappa shape index (κ2) is 14.1. The highest BCUT2D eigenvalue weighted by atomic mass is 32.2. The predicted molar refractivity (Wildman–Crippen MR) is 186 cm³/mol. The third kappa shape index (κ3) is 6.63. The molecule has 0 aliphatic carbocycles. The number of Topliss-reactive ketones (excluding diaryl/α,β-unsaturated/α-hetero) is 1. The van der Waals surface area contributed by atoms with Gasteiger partial charge >= 0.3 is 0 Å². The van der Waals surface area contributed by atoms with Crippen LogP contribution < -0.4 is 19.1 Å². The van der Waals surface area contributed by atoms with E-state index in [2.05, 4.69) is 48.3 Å². The number of ketones is 1. The van der Waals surface area contributed by atoms with Crippen molar-refractivity contribution in [1.29, 1.82) is 0 Å². The Bertz CT molecular complexity index is 2000. The maximum Gasteiger partial charge on any atom is 0.296 e. The summed E-state index contributed by atoms with van der Waals surface area (Å²) in [5.74, 6) is 0.329. The number of furan rings is 1. The molecule has 0 fully saturated rings. The Kier molecular flexibility index (Phi) is 9.74. The molecule has 1 atom stereocenters. The van der Waals surface area contributed by atoms with Gasteiger partial charge in [-0.25, -0.2) is 0 Å². The summed E-state index contributed by atoms with van der Waals surface area (Å²) in [4.78, 5) is 29.4. The average Bonchev–Trinajstić information content (AvgIpc) is 3.80. The molecule has 0 bridgehead atoms. The molecule has 1 aliphatic rings. The van der Waals surface area contributed by atoms with E-state index in [1.165, 1.54) is 47.8 Å². The van der Waals surface area contributed by atoms with Gasteiger partial charge in [0.05, 0.1) is 32.4 Å². The number of nitrogens with zero attached hydrogens (tertiary/aromatic N) is 3. The van der Waals surface area contributed by atoms with Gasteiger partial charge in [0, 0.05) is 11.1 Å². The van der Waals surface area contributed by atoms with Crippen LogP contribution >= 0.6 is 23.1 Å². The van der Waals surface area contributed by atoms with Crippen molar-refractivity contribution in [2.24, 2.45) is 5.92 Å². The van der Waals surface area contributed by atoms with Gasteiger partial charge in [-0.2, -0.15) is 0 Å². The van der Waals surface area contributed by atoms with Crippen LogP contribution in [-0.4, -0.2) is 47.8 Å². The first-order chi connectivity index (χ1) is 23.2. The number of fused-ring (bicyclic) bond motifs is 1. The summed E-state index contributed by atoms with van der Waals surface area (Å²) in [5, 5.41) is 20.9. The van der Waals surface area contributed by atoms with E-state index in [0.717, 1.165) is 12.0 Å². The molecule has 1 N–H and O–H groups in total. The number of hydrogen-bond donors (Lipinski definition) is 1. The molecule has 1 unspecified atom stereocenters. The van der Waals surface area contributed by atoms with Crippen molar-refractivity contribution in [3.63, 3.8) is 0 Å². The number of hydrogen-bond acceptors (Lipinski definition) is 11. The normalized spacial score (nSPS) is 14.8. The lowest BCUT2D eigenvalue weighted by Gasteiger charge is -2.24. The molecule has 10 nitrogen and oxygen atoms in total. The highest BCUT2D eigenvalue weighted by molar-refractivity contribution is 8.00. The number of anilines is 1. The van der Waals surface area contributed by atoms with Crippen LogP contribution in [0, 0.1) is 12.8 Å². The summed E-state index contributed by atoms with van der Waals surface area (Å²) < 4.78 is 23.7. The van der Waals surface area contributed by atoms with Gasteiger partial charge in [-0.1, -0.05) is 85.0 Å². The number of aryl methyl sites for hydroxylation is 1. The molecule has 48 heavy (non-hydrogen) atoms. The molecular formula is C36H35N3O7S2. The third-order valence-electron chi connectivity index (χ3n) is 7.95. The summed E-state index contributed by atoms with van der Waals surface area (Å²) in [6.07, 6.45) is 0.856. The molecule has 0 saturated carbocycles. The lowest BCUT2D eigenvalue weighted by molar-refractivity contribution is -0.117. The minimum Gasteiger partial charge on any atom is -0.503 e. The number of thioether (sulfide) groups is 1. The number of aromatic nitrogens is 2. The van der Waals surface area contributed by atoms with E-state index in [1.54, 1.807) is 42.5 Å². The van der Waals surface area contributed by atoms with E-state index < -0.39 is 23.5 Å². The van der Waals surface area contributed by atoms with Crippen LogP contribution in [0.4, 0.5) is 5.13 Å². The zero-order valence-electron chi connectivity index (χ0n) is 27.2. The summed E-state index contributed by atoms with van der Waals surface area (Å²) in [6, 6.07) is 19.2. The maximum atomic E-state index is 14.2. The Morgan fingerprint density at radius 2 is 1.79 bits per heavy atom. The number of para-hydroxylation sites is 1. The van der Waals surface area contributed by atoms with E-state index >= 15 is 0 Å². The highest BCUT2D eigenvalue weighted by Crippen LogP contribution is 2.46. The van der Waals surface area contributed by atoms with Gasteiger partial charge in [-0.05, 0) is 54.7 Å². The monoisotopic (exact) mass is 685 g/mol. The fraction of sp³-hybridized carbons (Fsp3) is 0.278. The minimum atomic E-state index is -1.07. The molecule has 0 spiro atoms. The molecule has 248 valence electrons. The van der Waals surface area contributed by atoms with Crippen molar-refractivity contribution in [2.75, 3.05) is 25.7 Å². The van der Waals surface area contributed by atoms with E-state index in [4.69, 9.17) is 18.6 Å². The average molecular weight is 686 g/mol. The zero-order chi connectivity index (χ0) is 33.9. The van der Waals surface area contributed by atoms with Gasteiger partial charge in [0.25, 0.3) is 5.91 Å². The van der Waals surface area contributed by atoms with E-state index in [9.17, 15) is 14.7 Å². The Morgan fingerprint density at radius 3 is 2.52 bits per heavy atom. The number of benzene rings is 3. The van der Waals surface area contributed by atoms with Crippen LogP contribution in [-0.2, 0) is 10.5 Å². The van der Waals surface area contributed by atoms with Crippen LogP contribution in [0.1, 0.15) is 53.6 Å². The van der Waals surface area contributed by atoms with E-state index in [-0.39, 0.29) is 16.5 Å². The SMILES string of the molecule is COc1cc(C2C(C(=O)c3cc4cccc(OC)c4o3)=C(O)C(=O)N2c2nnc(SCc3ccc(C)cc3)s2)ccc1OCCC(C)C. The Balaban J connectivity index is 1.38. The second-order valence-electron chi connectivity index (χ2n) is 11.7. The summed E-state index contributed by atoms with van der Waals surface area (Å²) in [6.45, 7) is 6.76. The largest absolute Gasteiger partial charge is 0.503 e. The second-order valence-corrected chi connectivity index (χ2v) is 13.9. The lowest BCUT2D eigenvalue weighted by Crippen LogP contribution is -2.31. The number of carbonyl (C=O) groups is 2. The van der Waals surface area contributed by atoms with Crippen molar-refractivity contribution in [3.8, 4) is 17.2 Å². The number of amides is 1. The van der Waals surface area contributed by atoms with Gasteiger partial charge in [0.1, 0.15) is 0 Å². The predicted octanol–water partition coefficient (Wildman–Crippen LogP) is 8.11. The number of methoxy groups -OCH3 is 2. The van der Waals surface area contributed by atoms with E-state index in [0.29, 0.717) is 56.4 Å². The topological polar surface area (TPSA) is 124 Å². The molecule has 1 aliphatic heterocycles. The van der Waals surface area contributed by atoms with Crippen LogP contribution in [0.15, 0.2) is 86.8 Å². The van der Waals surface area contributed by atoms with Crippen LogP contribution in [0.3, 0.4) is 0 Å².